The van der Waals surface area contributed by atoms with Crippen LogP contribution < -0.4 is 14.4 Å². The Bertz CT molecular complexity index is 989. The third-order valence-electron chi connectivity index (χ3n) is 4.89. The van der Waals surface area contributed by atoms with E-state index in [4.69, 9.17) is 9.47 Å². The molecule has 0 unspecified atom stereocenters. The molecule has 2 aromatic carbocycles. The van der Waals surface area contributed by atoms with Crippen molar-refractivity contribution < 1.29 is 27.1 Å². The highest BCUT2D eigenvalue weighted by Gasteiger charge is 2.22. The van der Waals surface area contributed by atoms with E-state index < -0.39 is 15.8 Å². The van der Waals surface area contributed by atoms with Gasteiger partial charge in [0.2, 0.25) is 10.0 Å². The number of nitrogens with one attached hydrogen (secondary N) is 1. The van der Waals surface area contributed by atoms with Crippen molar-refractivity contribution in [2.24, 2.45) is 0 Å². The lowest BCUT2D eigenvalue weighted by atomic mass is 10.1. The summed E-state index contributed by atoms with van der Waals surface area (Å²) < 4.78 is 50.1. The Morgan fingerprint density at radius 1 is 1.27 bits per heavy atom. The van der Waals surface area contributed by atoms with Gasteiger partial charge in [0.15, 0.2) is 0 Å². The van der Waals surface area contributed by atoms with Crippen LogP contribution in [0, 0.1) is 5.82 Å². The van der Waals surface area contributed by atoms with Gasteiger partial charge in [-0.05, 0) is 55.3 Å². The van der Waals surface area contributed by atoms with Gasteiger partial charge in [-0.15, -0.1) is 0 Å². The summed E-state index contributed by atoms with van der Waals surface area (Å²) in [6.07, 6.45) is 2.99. The van der Waals surface area contributed by atoms with Gasteiger partial charge in [0.25, 0.3) is 5.91 Å². The molecule has 7 nitrogen and oxygen atoms in total. The maximum atomic E-state index is 13.3. The molecule has 1 saturated heterocycles. The maximum absolute atomic E-state index is 13.3. The number of carbonyl (C=O) groups excluding carboxylic acids is 1. The zero-order chi connectivity index (χ0) is 21.7. The van der Waals surface area contributed by atoms with Crippen LogP contribution in [0.5, 0.6) is 5.75 Å². The van der Waals surface area contributed by atoms with Crippen LogP contribution >= 0.6 is 0 Å². The number of rotatable bonds is 8. The molecule has 0 spiro atoms. The standard InChI is InChI=1S/C21H25FN2O5S/c1-28-20-10-5-15(21(25)23-13-19-4-3-11-29-19)12-16(20)14-24(30(2,26)27)18-8-6-17(22)7-9-18/h5-10,12,19H,3-4,11,13-14H2,1-2H3,(H,23,25)/t19-/m1/s1. The Kier molecular flexibility index (Phi) is 6.94. The molecule has 0 aromatic heterocycles. The van der Waals surface area contributed by atoms with Gasteiger partial charge in [-0.3, -0.25) is 9.10 Å². The minimum atomic E-state index is -3.67. The first-order valence-electron chi connectivity index (χ1n) is 9.58. The molecule has 1 fully saturated rings. The lowest BCUT2D eigenvalue weighted by Gasteiger charge is -2.24. The molecule has 1 amide bonds. The maximum Gasteiger partial charge on any atom is 0.251 e. The molecule has 0 radical (unpaired) electrons. The van der Waals surface area contributed by atoms with Crippen LogP contribution in [0.3, 0.4) is 0 Å². The molecule has 2 aromatic rings. The van der Waals surface area contributed by atoms with Crippen molar-refractivity contribution in [1.29, 1.82) is 0 Å². The van der Waals surface area contributed by atoms with Gasteiger partial charge in [0.05, 0.1) is 31.7 Å². The summed E-state index contributed by atoms with van der Waals surface area (Å²) in [5, 5.41) is 2.85. The van der Waals surface area contributed by atoms with E-state index in [2.05, 4.69) is 5.32 Å². The lowest BCUT2D eigenvalue weighted by Crippen LogP contribution is -2.32. The number of benzene rings is 2. The van der Waals surface area contributed by atoms with Gasteiger partial charge >= 0.3 is 0 Å². The molecule has 1 aliphatic rings. The van der Waals surface area contributed by atoms with E-state index in [0.717, 1.165) is 23.4 Å². The predicted octanol–water partition coefficient (Wildman–Crippen LogP) is 2.71. The number of anilines is 1. The monoisotopic (exact) mass is 436 g/mol. The summed E-state index contributed by atoms with van der Waals surface area (Å²) in [7, 11) is -2.20. The number of sulfonamides is 1. The minimum Gasteiger partial charge on any atom is -0.496 e. The van der Waals surface area contributed by atoms with Crippen LogP contribution in [-0.4, -0.2) is 46.9 Å². The Morgan fingerprint density at radius 2 is 2.00 bits per heavy atom. The van der Waals surface area contributed by atoms with E-state index in [1.54, 1.807) is 18.2 Å². The molecule has 0 bridgehead atoms. The van der Waals surface area contributed by atoms with Crippen molar-refractivity contribution in [2.75, 3.05) is 30.8 Å². The number of amides is 1. The van der Waals surface area contributed by atoms with Gasteiger partial charge in [-0.25, -0.2) is 12.8 Å². The largest absolute Gasteiger partial charge is 0.496 e. The summed E-state index contributed by atoms with van der Waals surface area (Å²) in [6.45, 7) is 1.06. The predicted molar refractivity (Wildman–Crippen MR) is 112 cm³/mol. The van der Waals surface area contributed by atoms with Crippen LogP contribution in [-0.2, 0) is 21.3 Å². The second-order valence-corrected chi connectivity index (χ2v) is 9.02. The Labute approximate surface area is 175 Å². The van der Waals surface area contributed by atoms with Crippen molar-refractivity contribution in [3.05, 3.63) is 59.4 Å². The van der Waals surface area contributed by atoms with E-state index in [1.807, 2.05) is 0 Å². The van der Waals surface area contributed by atoms with Crippen LogP contribution in [0.25, 0.3) is 0 Å². The highest BCUT2D eigenvalue weighted by atomic mass is 32.2. The third kappa shape index (κ3) is 5.48. The van der Waals surface area contributed by atoms with Crippen LogP contribution in [0.1, 0.15) is 28.8 Å². The quantitative estimate of drug-likeness (QED) is 0.688. The average Bonchev–Trinajstić information content (AvgIpc) is 3.23. The zero-order valence-corrected chi connectivity index (χ0v) is 17.7. The topological polar surface area (TPSA) is 84.9 Å². The van der Waals surface area contributed by atoms with E-state index >= 15 is 0 Å². The number of ether oxygens (including phenoxy) is 2. The number of methoxy groups -OCH3 is 1. The van der Waals surface area contributed by atoms with E-state index in [9.17, 15) is 17.6 Å². The van der Waals surface area contributed by atoms with Gasteiger partial charge in [0.1, 0.15) is 11.6 Å². The number of carbonyl (C=O) groups is 1. The van der Waals surface area contributed by atoms with Crippen molar-refractivity contribution >= 4 is 21.6 Å². The van der Waals surface area contributed by atoms with Gasteiger partial charge in [-0.2, -0.15) is 0 Å². The molecule has 1 aliphatic heterocycles. The van der Waals surface area contributed by atoms with Crippen molar-refractivity contribution in [2.45, 2.75) is 25.5 Å². The molecule has 162 valence electrons. The smallest absolute Gasteiger partial charge is 0.251 e. The number of hydrogen-bond acceptors (Lipinski definition) is 5. The molecular formula is C21H25FN2O5S. The molecule has 1 atom stereocenters. The highest BCUT2D eigenvalue weighted by Crippen LogP contribution is 2.27. The number of hydrogen-bond donors (Lipinski definition) is 1. The molecular weight excluding hydrogens is 411 g/mol. The number of nitrogens with zero attached hydrogens (tertiary/aromatic N) is 1. The molecule has 30 heavy (non-hydrogen) atoms. The molecule has 0 aliphatic carbocycles. The molecule has 3 rings (SSSR count). The van der Waals surface area contributed by atoms with Crippen LogP contribution in [0.2, 0.25) is 0 Å². The summed E-state index contributed by atoms with van der Waals surface area (Å²) in [4.78, 5) is 12.6. The third-order valence-corrected chi connectivity index (χ3v) is 6.03. The highest BCUT2D eigenvalue weighted by molar-refractivity contribution is 7.92. The first kappa shape index (κ1) is 22.0. The van der Waals surface area contributed by atoms with Crippen molar-refractivity contribution in [3.8, 4) is 5.75 Å². The first-order chi connectivity index (χ1) is 14.3. The minimum absolute atomic E-state index is 0.0193. The Morgan fingerprint density at radius 3 is 2.60 bits per heavy atom. The van der Waals surface area contributed by atoms with Crippen molar-refractivity contribution in [1.82, 2.24) is 5.32 Å². The molecule has 9 heteroatoms. The summed E-state index contributed by atoms with van der Waals surface area (Å²) in [5.74, 6) is -0.293. The molecule has 1 heterocycles. The first-order valence-corrected chi connectivity index (χ1v) is 11.4. The molecule has 1 N–H and O–H groups in total. The fraction of sp³-hybridized carbons (Fsp3) is 0.381. The van der Waals surface area contributed by atoms with Gasteiger partial charge in [0, 0.05) is 24.3 Å². The van der Waals surface area contributed by atoms with Crippen LogP contribution in [0.4, 0.5) is 10.1 Å². The van der Waals surface area contributed by atoms with Gasteiger partial charge < -0.3 is 14.8 Å². The lowest BCUT2D eigenvalue weighted by molar-refractivity contribution is 0.0857. The van der Waals surface area contributed by atoms with E-state index in [0.29, 0.717) is 35.7 Å². The second-order valence-electron chi connectivity index (χ2n) is 7.12. The zero-order valence-electron chi connectivity index (χ0n) is 16.9. The number of halogens is 1. The SMILES string of the molecule is COc1ccc(C(=O)NC[C@H]2CCCO2)cc1CN(c1ccc(F)cc1)S(C)(=O)=O. The Hall–Kier alpha value is -2.65. The Balaban J connectivity index is 1.84. The summed E-state index contributed by atoms with van der Waals surface area (Å²) in [6, 6.07) is 10.0. The van der Waals surface area contributed by atoms with Crippen molar-refractivity contribution in [3.63, 3.8) is 0 Å². The van der Waals surface area contributed by atoms with Gasteiger partial charge in [-0.1, -0.05) is 0 Å². The fourth-order valence-electron chi connectivity index (χ4n) is 3.32. The fourth-order valence-corrected chi connectivity index (χ4v) is 4.20. The summed E-state index contributed by atoms with van der Waals surface area (Å²) in [5.41, 5.74) is 1.21. The normalized spacial score (nSPS) is 16.3. The van der Waals surface area contributed by atoms with E-state index in [-0.39, 0.29) is 18.6 Å². The molecule has 0 saturated carbocycles. The second kappa shape index (κ2) is 9.44. The van der Waals surface area contributed by atoms with E-state index in [1.165, 1.54) is 31.4 Å². The summed E-state index contributed by atoms with van der Waals surface area (Å²) >= 11 is 0. The average molecular weight is 437 g/mol. The van der Waals surface area contributed by atoms with Crippen LogP contribution in [0.15, 0.2) is 42.5 Å².